The normalized spacial score (nSPS) is 16.8. The van der Waals surface area contributed by atoms with Gasteiger partial charge in [0.2, 0.25) is 35.4 Å². The molecule has 0 bridgehead atoms. The topological polar surface area (TPSA) is 242 Å². The Morgan fingerprint density at radius 1 is 0.831 bits per heavy atom. The van der Waals surface area contributed by atoms with E-state index in [1.165, 1.54) is 45.1 Å². The fourth-order valence-electron chi connectivity index (χ4n) is 8.81. The van der Waals surface area contributed by atoms with Crippen molar-refractivity contribution in [2.45, 2.75) is 149 Å². The van der Waals surface area contributed by atoms with Gasteiger partial charge >= 0.3 is 6.09 Å². The van der Waals surface area contributed by atoms with Crippen LogP contribution in [0.15, 0.2) is 36.4 Å². The molecule has 1 saturated heterocycles. The van der Waals surface area contributed by atoms with E-state index in [0.717, 1.165) is 22.6 Å². The first-order valence-electron chi connectivity index (χ1n) is 24.8. The summed E-state index contributed by atoms with van der Waals surface area (Å²) in [5.74, 6) is -3.18. The Labute approximate surface area is 419 Å². The molecule has 396 valence electrons. The monoisotopic (exact) mass is 997 g/mol. The van der Waals surface area contributed by atoms with E-state index in [4.69, 9.17) is 14.2 Å². The van der Waals surface area contributed by atoms with Crippen molar-refractivity contribution in [3.05, 3.63) is 42.0 Å². The van der Waals surface area contributed by atoms with Crippen LogP contribution in [0.5, 0.6) is 0 Å². The number of likely N-dealkylation sites (tertiary alicyclic amines) is 1. The molecule has 6 unspecified atom stereocenters. The van der Waals surface area contributed by atoms with Gasteiger partial charge in [-0.05, 0) is 75.0 Å². The van der Waals surface area contributed by atoms with Crippen LogP contribution in [0.25, 0.3) is 0 Å². The smallest absolute Gasteiger partial charge is 0.410 e. The second-order valence-corrected chi connectivity index (χ2v) is 19.7. The van der Waals surface area contributed by atoms with Crippen LogP contribution >= 0.6 is 0 Å². The number of carbonyl (C=O) groups excluding carboxylic acids is 9. The second-order valence-electron chi connectivity index (χ2n) is 19.7. The fraction of sp³-hybridized carbons (Fsp3) is 0.667. The number of methoxy groups -OCH3 is 2. The first kappa shape index (κ1) is 59.4. The molecule has 1 aromatic carbocycles. The van der Waals surface area contributed by atoms with Gasteiger partial charge in [-0.2, -0.15) is 0 Å². The lowest BCUT2D eigenvalue weighted by atomic mass is 9.90. The van der Waals surface area contributed by atoms with Gasteiger partial charge in [0.1, 0.15) is 18.2 Å². The van der Waals surface area contributed by atoms with Crippen LogP contribution in [0.3, 0.4) is 0 Å². The van der Waals surface area contributed by atoms with Crippen molar-refractivity contribution in [3.63, 3.8) is 0 Å². The molecular weight excluding hydrogens is 917 g/mol. The molecule has 6 atom stereocenters. The van der Waals surface area contributed by atoms with E-state index >= 15 is 0 Å². The third kappa shape index (κ3) is 17.1. The highest BCUT2D eigenvalue weighted by atomic mass is 16.6. The highest BCUT2D eigenvalue weighted by Crippen LogP contribution is 2.29. The molecule has 3 rings (SSSR count). The van der Waals surface area contributed by atoms with Crippen molar-refractivity contribution < 1.29 is 57.4 Å². The van der Waals surface area contributed by atoms with Crippen molar-refractivity contribution in [1.82, 2.24) is 35.6 Å². The zero-order chi connectivity index (χ0) is 53.2. The zero-order valence-corrected chi connectivity index (χ0v) is 44.0. The first-order chi connectivity index (χ1) is 33.5. The number of anilines is 1. The summed E-state index contributed by atoms with van der Waals surface area (Å²) in [7, 11) is 6.27. The van der Waals surface area contributed by atoms with Crippen LogP contribution in [0.4, 0.5) is 10.5 Å². The van der Waals surface area contributed by atoms with Gasteiger partial charge < -0.3 is 45.3 Å². The summed E-state index contributed by atoms with van der Waals surface area (Å²) in [4.78, 5) is 122. The largest absolute Gasteiger partial charge is 0.445 e. The molecule has 0 radical (unpaired) electrons. The maximum Gasteiger partial charge on any atom is 0.410 e. The Morgan fingerprint density at radius 2 is 1.48 bits per heavy atom. The van der Waals surface area contributed by atoms with Gasteiger partial charge in [0.05, 0.1) is 43.8 Å². The second kappa shape index (κ2) is 28.2. The molecule has 0 spiro atoms. The molecular formula is C51H80N8O12. The van der Waals surface area contributed by atoms with E-state index < -0.39 is 53.4 Å². The Hall–Kier alpha value is -5.89. The Morgan fingerprint density at radius 3 is 2.06 bits per heavy atom. The van der Waals surface area contributed by atoms with Gasteiger partial charge in [-0.3, -0.25) is 48.2 Å². The SMILES string of the molecule is CCC(C)C(C(CC(=O)N1CCCC1C(OC)C(C)C)OC)N(C)C(=O)CNC(=O)C(C)(C)N(C)C(=O)OCc1ccc(NC(=O)CNC(=O)C(NC(=O)CCCCCN2C(=O)C=CC2=O)C(C)C)cc1. The molecule has 0 saturated carbocycles. The zero-order valence-electron chi connectivity index (χ0n) is 44.0. The summed E-state index contributed by atoms with van der Waals surface area (Å²) in [6.45, 7) is 14.8. The minimum Gasteiger partial charge on any atom is -0.445 e. The molecule has 0 aliphatic carbocycles. The number of imide groups is 1. The molecule has 4 N–H and O–H groups in total. The van der Waals surface area contributed by atoms with Gasteiger partial charge in [0, 0.05) is 65.7 Å². The quantitative estimate of drug-likeness (QED) is 0.0693. The first-order valence-corrected chi connectivity index (χ1v) is 24.8. The maximum absolute atomic E-state index is 13.8. The number of nitrogens with zero attached hydrogens (tertiary/aromatic N) is 4. The van der Waals surface area contributed by atoms with Gasteiger partial charge in [0.15, 0.2) is 0 Å². The number of ether oxygens (including phenoxy) is 3. The van der Waals surface area contributed by atoms with Crippen molar-refractivity contribution in [1.29, 1.82) is 0 Å². The number of unbranched alkanes of at least 4 members (excludes halogenated alkanes) is 2. The third-order valence-electron chi connectivity index (χ3n) is 13.6. The molecule has 20 nitrogen and oxygen atoms in total. The van der Waals surface area contributed by atoms with Gasteiger partial charge in [-0.1, -0.05) is 66.5 Å². The Bertz CT molecular complexity index is 2020. The summed E-state index contributed by atoms with van der Waals surface area (Å²) in [6, 6.07) is 5.08. The minimum atomic E-state index is -1.43. The summed E-state index contributed by atoms with van der Waals surface area (Å²) in [5.41, 5.74) is -0.432. The highest BCUT2D eigenvalue weighted by Gasteiger charge is 2.41. The Kier molecular flexibility index (Phi) is 23.6. The van der Waals surface area contributed by atoms with Crippen LogP contribution < -0.4 is 21.3 Å². The lowest BCUT2D eigenvalue weighted by molar-refractivity contribution is -0.144. The number of likely N-dealkylation sites (N-methyl/N-ethyl adjacent to an activating group) is 2. The average molecular weight is 997 g/mol. The maximum atomic E-state index is 13.8. The van der Waals surface area contributed by atoms with E-state index in [0.29, 0.717) is 43.5 Å². The molecule has 1 fully saturated rings. The number of hydrogen-bond donors (Lipinski definition) is 4. The summed E-state index contributed by atoms with van der Waals surface area (Å²) >= 11 is 0. The van der Waals surface area contributed by atoms with Crippen molar-refractivity contribution in [2.24, 2.45) is 17.8 Å². The molecule has 71 heavy (non-hydrogen) atoms. The summed E-state index contributed by atoms with van der Waals surface area (Å²) < 4.78 is 17.2. The van der Waals surface area contributed by atoms with E-state index in [1.807, 2.05) is 18.7 Å². The number of benzene rings is 1. The van der Waals surface area contributed by atoms with Crippen molar-refractivity contribution in [2.75, 3.05) is 59.8 Å². The van der Waals surface area contributed by atoms with Gasteiger partial charge in [-0.25, -0.2) is 4.79 Å². The number of carbonyl (C=O) groups is 9. The number of hydrogen-bond acceptors (Lipinski definition) is 12. The van der Waals surface area contributed by atoms with Crippen molar-refractivity contribution in [3.8, 4) is 0 Å². The van der Waals surface area contributed by atoms with Gasteiger partial charge in [-0.15, -0.1) is 0 Å². The molecule has 2 aliphatic heterocycles. The third-order valence-corrected chi connectivity index (χ3v) is 13.6. The standard InChI is InChI=1S/C51H80N8O12/c1-13-34(6)46(38(69-11)28-43(64)58-27-17-18-37(58)47(70-12)33(4)5)56(9)44(65)30-53-49(67)51(7,8)57(10)50(68)71-31-35-20-22-36(23-21-35)54-40(61)29-52-48(66)45(32(2)3)55-39(60)19-15-14-16-26-59-41(62)24-25-42(59)63/h20-25,32-34,37-38,45-47H,13-19,26-31H2,1-12H3,(H,52,66)(H,53,67)(H,54,61)(H,55,60). The van der Waals surface area contributed by atoms with Crippen LogP contribution in [0.2, 0.25) is 0 Å². The van der Waals surface area contributed by atoms with Crippen LogP contribution in [-0.2, 0) is 59.2 Å². The van der Waals surface area contributed by atoms with Gasteiger partial charge in [0.25, 0.3) is 11.8 Å². The Balaban J connectivity index is 1.45. The number of rotatable bonds is 28. The molecule has 2 aliphatic rings. The molecule has 2 heterocycles. The number of nitrogens with one attached hydrogen (secondary N) is 4. The lowest BCUT2D eigenvalue weighted by Gasteiger charge is -2.39. The highest BCUT2D eigenvalue weighted by molar-refractivity contribution is 6.12. The average Bonchev–Trinajstić information content (AvgIpc) is 3.95. The van der Waals surface area contributed by atoms with E-state index in [-0.39, 0.29) is 92.6 Å². The summed E-state index contributed by atoms with van der Waals surface area (Å²) in [6.07, 6.45) is 5.29. The fourth-order valence-corrected chi connectivity index (χ4v) is 8.81. The van der Waals surface area contributed by atoms with Crippen LogP contribution in [0.1, 0.15) is 112 Å². The van der Waals surface area contributed by atoms with Crippen LogP contribution in [0, 0.1) is 17.8 Å². The van der Waals surface area contributed by atoms with Crippen molar-refractivity contribution >= 4 is 59.0 Å². The lowest BCUT2D eigenvalue weighted by Crippen LogP contribution is -2.58. The van der Waals surface area contributed by atoms with E-state index in [2.05, 4.69) is 35.1 Å². The molecule has 0 aromatic heterocycles. The van der Waals surface area contributed by atoms with Crippen LogP contribution in [-0.4, -0.2) is 163 Å². The number of amides is 9. The minimum absolute atomic E-state index is 0.0386. The van der Waals surface area contributed by atoms with E-state index in [9.17, 15) is 43.2 Å². The predicted molar refractivity (Wildman–Crippen MR) is 266 cm³/mol. The predicted octanol–water partition coefficient (Wildman–Crippen LogP) is 3.77. The molecule has 9 amide bonds. The summed E-state index contributed by atoms with van der Waals surface area (Å²) in [5, 5.41) is 10.7. The van der Waals surface area contributed by atoms with E-state index in [1.54, 1.807) is 52.3 Å². The molecule has 1 aromatic rings. The molecule has 20 heteroatoms.